The van der Waals surface area contributed by atoms with Crippen LogP contribution in [0.1, 0.15) is 76.0 Å². The smallest absolute Gasteiger partial charge is 0.336 e. The van der Waals surface area contributed by atoms with Gasteiger partial charge in [0, 0.05) is 51.8 Å². The molecular formula is C66H81Cl3N6O18S. The van der Waals surface area contributed by atoms with Crippen LogP contribution in [0.15, 0.2) is 176 Å². The lowest BCUT2D eigenvalue weighted by atomic mass is 9.80. The first-order valence-electron chi connectivity index (χ1n) is 29.5. The van der Waals surface area contributed by atoms with Crippen molar-refractivity contribution in [3.63, 3.8) is 0 Å². The molecule has 24 nitrogen and oxygen atoms in total. The van der Waals surface area contributed by atoms with Gasteiger partial charge in [0.1, 0.15) is 0 Å². The molecule has 0 bridgehead atoms. The lowest BCUT2D eigenvalue weighted by Gasteiger charge is -2.31. The molecule has 0 saturated carbocycles. The van der Waals surface area contributed by atoms with Crippen LogP contribution in [0.3, 0.4) is 0 Å². The van der Waals surface area contributed by atoms with E-state index in [1.165, 1.54) is 33.5 Å². The first kappa shape index (κ1) is 78.5. The first-order valence-corrected chi connectivity index (χ1v) is 32.0. The Morgan fingerprint density at radius 1 is 0.426 bits per heavy atom. The van der Waals surface area contributed by atoms with Gasteiger partial charge in [-0.15, -0.1) is 0 Å². The molecule has 0 radical (unpaired) electrons. The standard InChI is InChI=1S/3C20H25ClN2O5.C6H6O3S/c3*1-4-28-20(25)18-15(11-27-10-9-22)23-12(2)16(19(24)26-3)17(18)13-7-5-6-8-14(13)21;7-10(8,9)6-4-2-1-3-5-6/h3*5-8,17,23H,4,9-11,22H2,1-3H3;1-5H,(H,7,8,9). The van der Waals surface area contributed by atoms with Crippen molar-refractivity contribution in [2.75, 3.05) is 100 Å². The highest BCUT2D eigenvalue weighted by molar-refractivity contribution is 7.85. The van der Waals surface area contributed by atoms with Gasteiger partial charge in [-0.3, -0.25) is 4.55 Å². The average Bonchev–Trinajstić information content (AvgIpc) is 0.777. The van der Waals surface area contributed by atoms with Crippen LogP contribution in [0, 0.1) is 0 Å². The normalized spacial score (nSPS) is 16.1. The minimum atomic E-state index is -4.00. The van der Waals surface area contributed by atoms with Crippen molar-refractivity contribution in [1.29, 1.82) is 0 Å². The minimum Gasteiger partial charge on any atom is -0.466 e. The second-order valence-corrected chi connectivity index (χ2v) is 22.6. The quantitative estimate of drug-likeness (QED) is 0.0144. The Morgan fingerprint density at radius 3 is 0.894 bits per heavy atom. The fourth-order valence-corrected chi connectivity index (χ4v) is 11.2. The van der Waals surface area contributed by atoms with Crippen LogP contribution in [0.4, 0.5) is 0 Å². The van der Waals surface area contributed by atoms with Crippen molar-refractivity contribution >= 4 is 80.7 Å². The minimum absolute atomic E-state index is 0.0741. The maximum atomic E-state index is 12.9. The summed E-state index contributed by atoms with van der Waals surface area (Å²) in [4.78, 5) is 76.3. The number of hydrogen-bond donors (Lipinski definition) is 7. The number of carbonyl (C=O) groups is 6. The third-order valence-corrected chi connectivity index (χ3v) is 15.8. The van der Waals surface area contributed by atoms with Gasteiger partial charge in [0.15, 0.2) is 0 Å². The van der Waals surface area contributed by atoms with Gasteiger partial charge < -0.3 is 75.8 Å². The van der Waals surface area contributed by atoms with Crippen molar-refractivity contribution < 1.29 is 84.4 Å². The number of ether oxygens (including phenoxy) is 9. The van der Waals surface area contributed by atoms with E-state index in [0.717, 1.165) is 0 Å². The van der Waals surface area contributed by atoms with E-state index in [1.807, 2.05) is 0 Å². The van der Waals surface area contributed by atoms with Crippen LogP contribution in [0.5, 0.6) is 0 Å². The number of nitrogens with one attached hydrogen (secondary N) is 3. The molecule has 0 fully saturated rings. The first-order chi connectivity index (χ1) is 45.0. The van der Waals surface area contributed by atoms with E-state index in [1.54, 1.807) is 133 Å². The summed E-state index contributed by atoms with van der Waals surface area (Å²) in [7, 11) is -0.128. The molecule has 0 spiro atoms. The van der Waals surface area contributed by atoms with Crippen LogP contribution in [0.2, 0.25) is 15.1 Å². The summed E-state index contributed by atoms with van der Waals surface area (Å²) in [6, 6.07) is 28.6. The number of dihydropyridines is 3. The fraction of sp³-hybridized carbons (Fsp3) is 0.364. The number of methoxy groups -OCH3 is 3. The molecule has 3 aliphatic heterocycles. The number of rotatable bonds is 25. The second kappa shape index (κ2) is 39.7. The lowest BCUT2D eigenvalue weighted by molar-refractivity contribution is -0.140. The monoisotopic (exact) mass is 1380 g/mol. The van der Waals surface area contributed by atoms with Gasteiger partial charge in [-0.2, -0.15) is 8.42 Å². The molecule has 10 N–H and O–H groups in total. The summed E-state index contributed by atoms with van der Waals surface area (Å²) in [6.45, 7) is 13.2. The van der Waals surface area contributed by atoms with E-state index in [9.17, 15) is 37.2 Å². The highest BCUT2D eigenvalue weighted by Crippen LogP contribution is 2.45. The molecule has 0 amide bonds. The third-order valence-electron chi connectivity index (χ3n) is 13.9. The summed E-state index contributed by atoms with van der Waals surface area (Å²) in [5.74, 6) is -5.59. The molecule has 3 heterocycles. The second-order valence-electron chi connectivity index (χ2n) is 20.0. The van der Waals surface area contributed by atoms with Gasteiger partial charge in [0.25, 0.3) is 10.1 Å². The van der Waals surface area contributed by atoms with Gasteiger partial charge in [-0.25, -0.2) is 28.8 Å². The van der Waals surface area contributed by atoms with Gasteiger partial charge >= 0.3 is 35.8 Å². The molecule has 0 saturated heterocycles. The van der Waals surface area contributed by atoms with Crippen LogP contribution in [0.25, 0.3) is 0 Å². The van der Waals surface area contributed by atoms with E-state index in [2.05, 4.69) is 16.0 Å². The summed E-state index contributed by atoms with van der Waals surface area (Å²) >= 11 is 19.3. The molecule has 0 aliphatic carbocycles. The third kappa shape index (κ3) is 21.3. The van der Waals surface area contributed by atoms with Gasteiger partial charge in [-0.1, -0.05) is 108 Å². The van der Waals surface area contributed by atoms with Crippen LogP contribution in [-0.4, -0.2) is 149 Å². The van der Waals surface area contributed by atoms with Crippen molar-refractivity contribution in [3.8, 4) is 0 Å². The zero-order chi connectivity index (χ0) is 69.7. The van der Waals surface area contributed by atoms with E-state index < -0.39 is 63.7 Å². The summed E-state index contributed by atoms with van der Waals surface area (Å²) < 4.78 is 76.6. The largest absolute Gasteiger partial charge is 0.466 e. The van der Waals surface area contributed by atoms with Gasteiger partial charge in [0.05, 0.1) is 154 Å². The van der Waals surface area contributed by atoms with E-state index in [-0.39, 0.29) is 61.3 Å². The van der Waals surface area contributed by atoms with Crippen molar-refractivity contribution in [1.82, 2.24) is 16.0 Å². The Bertz CT molecular complexity index is 3310. The zero-order valence-corrected chi connectivity index (χ0v) is 56.8. The molecule has 4 aromatic carbocycles. The molecule has 94 heavy (non-hydrogen) atoms. The molecule has 28 heteroatoms. The number of nitrogens with two attached hydrogens (primary N) is 3. The topological polar surface area (TPSA) is 354 Å². The van der Waals surface area contributed by atoms with E-state index in [4.69, 9.17) is 99.2 Å². The Labute approximate surface area is 562 Å². The number of esters is 6. The maximum Gasteiger partial charge on any atom is 0.336 e. The van der Waals surface area contributed by atoms with Crippen molar-refractivity contribution in [2.24, 2.45) is 17.2 Å². The Hall–Kier alpha value is -7.92. The Kier molecular flexibility index (Phi) is 33.2. The number of carbonyl (C=O) groups excluding carboxylic acids is 6. The fourth-order valence-electron chi connectivity index (χ4n) is 9.95. The van der Waals surface area contributed by atoms with Gasteiger partial charge in [0.2, 0.25) is 0 Å². The maximum absolute atomic E-state index is 12.9. The molecule has 7 rings (SSSR count). The molecular weight excluding hydrogens is 1300 g/mol. The van der Waals surface area contributed by atoms with Crippen LogP contribution < -0.4 is 33.2 Å². The zero-order valence-electron chi connectivity index (χ0n) is 53.7. The SMILES string of the molecule is CCOC(=O)C1=C(COCCN)NC(C)=C(C(=O)OC)C1c1ccccc1Cl.CCOC(=O)C1=C(COCCN)NC(C)=C(C(=O)OC)C1c1ccccc1Cl.CCOC(=O)C1=C(COCCN)NC(C)=C(C(=O)OC)C1c1ccccc1Cl.O=S(=O)(O)c1ccccc1. The Balaban J connectivity index is 0.000000279. The number of allylic oxidation sites excluding steroid dienone is 3. The number of hydrogen-bond acceptors (Lipinski definition) is 23. The molecule has 3 unspecified atom stereocenters. The molecule has 510 valence electrons. The molecule has 0 aromatic heterocycles. The van der Waals surface area contributed by atoms with E-state index in [0.29, 0.717) is 122 Å². The Morgan fingerprint density at radius 2 is 0.681 bits per heavy atom. The van der Waals surface area contributed by atoms with Crippen LogP contribution >= 0.6 is 34.8 Å². The highest BCUT2D eigenvalue weighted by atomic mass is 35.5. The van der Waals surface area contributed by atoms with Crippen molar-refractivity contribution in [2.45, 2.75) is 64.2 Å². The molecule has 3 atom stereocenters. The highest BCUT2D eigenvalue weighted by Gasteiger charge is 2.43. The molecule has 4 aromatic rings. The predicted octanol–water partition coefficient (Wildman–Crippen LogP) is 7.73. The summed E-state index contributed by atoms with van der Waals surface area (Å²) in [6.07, 6.45) is 0. The van der Waals surface area contributed by atoms with Crippen molar-refractivity contribution in [3.05, 3.63) is 203 Å². The predicted molar refractivity (Wildman–Crippen MR) is 353 cm³/mol. The number of halogens is 3. The van der Waals surface area contributed by atoms with E-state index >= 15 is 0 Å². The van der Waals surface area contributed by atoms with Gasteiger partial charge in [-0.05, 0) is 88.6 Å². The molecule has 3 aliphatic rings. The average molecular weight is 1380 g/mol. The summed E-state index contributed by atoms with van der Waals surface area (Å²) in [5, 5.41) is 10.6. The lowest BCUT2D eigenvalue weighted by Crippen LogP contribution is -2.35. The number of benzene rings is 4. The summed E-state index contributed by atoms with van der Waals surface area (Å²) in [5.41, 5.74) is 23.1. The van der Waals surface area contributed by atoms with Crippen LogP contribution in [-0.2, 0) is 81.5 Å².